The van der Waals surface area contributed by atoms with Gasteiger partial charge in [-0.3, -0.25) is 4.79 Å². The summed E-state index contributed by atoms with van der Waals surface area (Å²) in [6.07, 6.45) is 0.0583. The predicted octanol–water partition coefficient (Wildman–Crippen LogP) is 6.30. The number of hydrogen-bond donors (Lipinski definition) is 1. The van der Waals surface area contributed by atoms with Crippen molar-refractivity contribution in [2.24, 2.45) is 0 Å². The van der Waals surface area contributed by atoms with Crippen LogP contribution in [-0.2, 0) is 15.9 Å². The van der Waals surface area contributed by atoms with Crippen molar-refractivity contribution in [2.75, 3.05) is 11.9 Å². The number of cyclic esters (lactones) is 1. The maximum absolute atomic E-state index is 13.2. The van der Waals surface area contributed by atoms with E-state index < -0.39 is 18.0 Å². The molecule has 0 fully saturated rings. The van der Waals surface area contributed by atoms with Crippen molar-refractivity contribution < 1.29 is 23.9 Å². The Kier molecular flexibility index (Phi) is 6.64. The lowest BCUT2D eigenvalue weighted by Crippen LogP contribution is -2.23. The Morgan fingerprint density at radius 1 is 1.00 bits per heavy atom. The maximum Gasteiger partial charge on any atom is 0.341 e. The fraction of sp³-hybridized carbons (Fsp3) is 0.138. The first kappa shape index (κ1) is 23.5. The second-order valence-electron chi connectivity index (χ2n) is 8.27. The average molecular weight is 498 g/mol. The van der Waals surface area contributed by atoms with Crippen LogP contribution >= 0.6 is 11.3 Å². The highest BCUT2D eigenvalue weighted by Crippen LogP contribution is 2.37. The van der Waals surface area contributed by atoms with Crippen LogP contribution < -0.4 is 5.32 Å². The molecule has 0 bridgehead atoms. The summed E-state index contributed by atoms with van der Waals surface area (Å²) in [5.41, 5.74) is 4.37. The molecule has 3 aromatic carbocycles. The van der Waals surface area contributed by atoms with Crippen molar-refractivity contribution >= 4 is 34.2 Å². The van der Waals surface area contributed by atoms with Crippen molar-refractivity contribution in [3.63, 3.8) is 0 Å². The van der Waals surface area contributed by atoms with E-state index in [-0.39, 0.29) is 12.5 Å². The molecule has 7 heteroatoms. The van der Waals surface area contributed by atoms with Gasteiger partial charge in [0.25, 0.3) is 5.91 Å². The van der Waals surface area contributed by atoms with Crippen molar-refractivity contribution in [1.29, 1.82) is 0 Å². The molecule has 0 saturated carbocycles. The van der Waals surface area contributed by atoms with Gasteiger partial charge >= 0.3 is 11.9 Å². The number of benzene rings is 3. The highest BCUT2D eigenvalue weighted by Gasteiger charge is 2.29. The third-order valence-electron chi connectivity index (χ3n) is 6.00. The molecule has 6 nitrogen and oxygen atoms in total. The molecule has 1 atom stereocenters. The topological polar surface area (TPSA) is 81.7 Å². The summed E-state index contributed by atoms with van der Waals surface area (Å²) in [6.45, 7) is 1.96. The van der Waals surface area contributed by atoms with Gasteiger partial charge in [0.2, 0.25) is 0 Å². The first-order valence-electron chi connectivity index (χ1n) is 11.6. The minimum atomic E-state index is -0.494. The minimum absolute atomic E-state index is 0.222. The van der Waals surface area contributed by atoms with Crippen LogP contribution in [0.1, 0.15) is 55.2 Å². The van der Waals surface area contributed by atoms with Gasteiger partial charge in [-0.25, -0.2) is 9.59 Å². The zero-order valence-corrected chi connectivity index (χ0v) is 20.3. The van der Waals surface area contributed by atoms with Crippen LogP contribution in [0, 0.1) is 0 Å². The van der Waals surface area contributed by atoms with Gasteiger partial charge in [-0.1, -0.05) is 60.7 Å². The van der Waals surface area contributed by atoms with Gasteiger partial charge in [-0.15, -0.1) is 11.3 Å². The van der Waals surface area contributed by atoms with E-state index in [0.717, 1.165) is 16.7 Å². The largest absolute Gasteiger partial charge is 0.462 e. The van der Waals surface area contributed by atoms with E-state index in [9.17, 15) is 14.4 Å². The van der Waals surface area contributed by atoms with Crippen molar-refractivity contribution in [2.45, 2.75) is 19.4 Å². The third-order valence-corrected chi connectivity index (χ3v) is 6.89. The Morgan fingerprint density at radius 3 is 2.44 bits per heavy atom. The zero-order valence-electron chi connectivity index (χ0n) is 19.5. The fourth-order valence-electron chi connectivity index (χ4n) is 4.25. The minimum Gasteiger partial charge on any atom is -0.462 e. The molecular weight excluding hydrogens is 474 g/mol. The standard InChI is InChI=1S/C29H23NO5S/c1-2-34-29(33)25-23(18-9-5-3-6-10-18)17-36-27(25)30-26(31)20-13-14-22-21(15-20)16-24(35-28(22)32)19-11-7-4-8-12-19/h3-15,17,24H,2,16H2,1H3,(H,30,31)/t24-/m1/s1. The first-order chi connectivity index (χ1) is 17.5. The number of fused-ring (bicyclic) bond motifs is 1. The predicted molar refractivity (Wildman–Crippen MR) is 138 cm³/mol. The summed E-state index contributed by atoms with van der Waals surface area (Å²) in [4.78, 5) is 38.6. The molecule has 0 radical (unpaired) electrons. The van der Waals surface area contributed by atoms with Gasteiger partial charge in [0.15, 0.2) is 0 Å². The molecule has 5 rings (SSSR count). The van der Waals surface area contributed by atoms with Crippen molar-refractivity contribution in [3.05, 3.63) is 112 Å². The lowest BCUT2D eigenvalue weighted by atomic mass is 9.93. The molecule has 0 saturated heterocycles. The van der Waals surface area contributed by atoms with Gasteiger partial charge in [0.1, 0.15) is 16.7 Å². The lowest BCUT2D eigenvalue weighted by molar-refractivity contribution is 0.0252. The molecule has 1 aromatic heterocycles. The van der Waals surface area contributed by atoms with Gasteiger partial charge in [0, 0.05) is 22.9 Å². The highest BCUT2D eigenvalue weighted by molar-refractivity contribution is 7.15. The van der Waals surface area contributed by atoms with Crippen LogP contribution in [0.4, 0.5) is 5.00 Å². The number of amides is 1. The van der Waals surface area contributed by atoms with Crippen molar-refractivity contribution in [3.8, 4) is 11.1 Å². The van der Waals surface area contributed by atoms with Gasteiger partial charge < -0.3 is 14.8 Å². The summed E-state index contributed by atoms with van der Waals surface area (Å²) in [7, 11) is 0. The van der Waals surface area contributed by atoms with Gasteiger partial charge in [-0.05, 0) is 41.8 Å². The monoisotopic (exact) mass is 497 g/mol. The first-order valence-corrected chi connectivity index (χ1v) is 12.5. The molecule has 4 aromatic rings. The lowest BCUT2D eigenvalue weighted by Gasteiger charge is -2.25. The maximum atomic E-state index is 13.2. The molecule has 36 heavy (non-hydrogen) atoms. The number of hydrogen-bond acceptors (Lipinski definition) is 6. The number of esters is 2. The third kappa shape index (κ3) is 4.65. The Labute approximate surface area is 212 Å². The Morgan fingerprint density at radius 2 is 1.72 bits per heavy atom. The Hall–Kier alpha value is -4.23. The number of ether oxygens (including phenoxy) is 2. The number of thiophene rings is 1. The average Bonchev–Trinajstić information content (AvgIpc) is 3.33. The van der Waals surface area contributed by atoms with E-state index in [1.165, 1.54) is 11.3 Å². The number of nitrogens with one attached hydrogen (secondary N) is 1. The van der Waals surface area contributed by atoms with E-state index in [1.807, 2.05) is 66.0 Å². The second-order valence-corrected chi connectivity index (χ2v) is 9.15. The van der Waals surface area contributed by atoms with Crippen LogP contribution in [0.3, 0.4) is 0 Å². The molecule has 1 aliphatic rings. The summed E-state index contributed by atoms with van der Waals surface area (Å²) < 4.78 is 10.9. The van der Waals surface area contributed by atoms with E-state index in [0.29, 0.717) is 33.7 Å². The molecule has 0 spiro atoms. The zero-order chi connectivity index (χ0) is 25.1. The van der Waals surface area contributed by atoms with Crippen LogP contribution in [0.2, 0.25) is 0 Å². The number of anilines is 1. The highest BCUT2D eigenvalue weighted by atomic mass is 32.1. The molecule has 1 aliphatic heterocycles. The Balaban J connectivity index is 1.43. The number of rotatable bonds is 6. The smallest absolute Gasteiger partial charge is 0.341 e. The number of carbonyl (C=O) groups is 3. The fourth-order valence-corrected chi connectivity index (χ4v) is 5.20. The number of carbonyl (C=O) groups excluding carboxylic acids is 3. The van der Waals surface area contributed by atoms with E-state index in [4.69, 9.17) is 9.47 Å². The molecule has 0 aliphatic carbocycles. The summed E-state index contributed by atoms with van der Waals surface area (Å²) in [6, 6.07) is 23.9. The van der Waals surface area contributed by atoms with Gasteiger partial charge in [-0.2, -0.15) is 0 Å². The molecule has 1 amide bonds. The van der Waals surface area contributed by atoms with Crippen molar-refractivity contribution in [1.82, 2.24) is 0 Å². The van der Waals surface area contributed by atoms with E-state index >= 15 is 0 Å². The van der Waals surface area contributed by atoms with Crippen LogP contribution in [0.25, 0.3) is 11.1 Å². The summed E-state index contributed by atoms with van der Waals surface area (Å²) in [5, 5.41) is 5.13. The molecule has 0 unspecified atom stereocenters. The molecule has 1 N–H and O–H groups in total. The molecule has 180 valence electrons. The summed E-state index contributed by atoms with van der Waals surface area (Å²) >= 11 is 1.27. The normalized spacial score (nSPS) is 14.5. The summed E-state index contributed by atoms with van der Waals surface area (Å²) in [5.74, 6) is -1.28. The molecular formula is C29H23NO5S. The van der Waals surface area contributed by atoms with Crippen LogP contribution in [0.15, 0.2) is 84.2 Å². The Bertz CT molecular complexity index is 1430. The quantitative estimate of drug-likeness (QED) is 0.316. The van der Waals surface area contributed by atoms with Gasteiger partial charge in [0.05, 0.1) is 12.2 Å². The molecule has 2 heterocycles. The van der Waals surface area contributed by atoms with Crippen LogP contribution in [0.5, 0.6) is 0 Å². The van der Waals surface area contributed by atoms with Crippen LogP contribution in [-0.4, -0.2) is 24.5 Å². The second kappa shape index (κ2) is 10.2. The van der Waals surface area contributed by atoms with E-state index in [2.05, 4.69) is 5.32 Å². The van der Waals surface area contributed by atoms with E-state index in [1.54, 1.807) is 25.1 Å². The SMILES string of the molecule is CCOC(=O)c1c(-c2ccccc2)csc1NC(=O)c1ccc2c(c1)C[C@H](c1ccccc1)OC2=O.